The van der Waals surface area contributed by atoms with E-state index in [0.717, 1.165) is 71.7 Å². The minimum atomic E-state index is -0.437. The first-order valence-corrected chi connectivity index (χ1v) is 11.0. The van der Waals surface area contributed by atoms with Gasteiger partial charge in [0.1, 0.15) is 5.75 Å². The fourth-order valence-electron chi connectivity index (χ4n) is 5.01. The van der Waals surface area contributed by atoms with Gasteiger partial charge in [0.05, 0.1) is 19.3 Å². The summed E-state index contributed by atoms with van der Waals surface area (Å²) in [6, 6.07) is 8.67. The minimum absolute atomic E-state index is 0.273. The molecular formula is C24H28FN3O3. The number of para-hydroxylation sites is 1. The average Bonchev–Trinajstić information content (AvgIpc) is 3.13. The van der Waals surface area contributed by atoms with Crippen LogP contribution in [0.2, 0.25) is 0 Å². The number of methoxy groups -OCH3 is 1. The quantitative estimate of drug-likeness (QED) is 0.632. The molecule has 1 saturated heterocycles. The number of aromatic nitrogens is 1. The van der Waals surface area contributed by atoms with Crippen LogP contribution in [0.3, 0.4) is 0 Å². The Morgan fingerprint density at radius 1 is 1.29 bits per heavy atom. The molecule has 2 aliphatic rings. The lowest BCUT2D eigenvalue weighted by Crippen LogP contribution is -2.45. The second-order valence-electron chi connectivity index (χ2n) is 8.69. The van der Waals surface area contributed by atoms with Crippen molar-refractivity contribution in [3.8, 4) is 16.9 Å². The van der Waals surface area contributed by atoms with Gasteiger partial charge in [-0.2, -0.15) is 0 Å². The molecule has 1 atom stereocenters. The van der Waals surface area contributed by atoms with Crippen LogP contribution in [-0.4, -0.2) is 49.3 Å². The van der Waals surface area contributed by atoms with Gasteiger partial charge in [-0.05, 0) is 31.4 Å². The van der Waals surface area contributed by atoms with Gasteiger partial charge >= 0.3 is 5.76 Å². The van der Waals surface area contributed by atoms with E-state index in [0.29, 0.717) is 24.0 Å². The van der Waals surface area contributed by atoms with Crippen molar-refractivity contribution in [2.24, 2.45) is 0 Å². The number of ether oxygens (including phenoxy) is 1. The summed E-state index contributed by atoms with van der Waals surface area (Å²) >= 11 is 0. The van der Waals surface area contributed by atoms with E-state index < -0.39 is 5.76 Å². The van der Waals surface area contributed by atoms with Gasteiger partial charge in [0.2, 0.25) is 0 Å². The average molecular weight is 426 g/mol. The van der Waals surface area contributed by atoms with E-state index in [4.69, 9.17) is 9.15 Å². The highest BCUT2D eigenvalue weighted by atomic mass is 19.1. The summed E-state index contributed by atoms with van der Waals surface area (Å²) in [6.07, 6.45) is 1.40. The number of halogens is 1. The highest BCUT2D eigenvalue weighted by Gasteiger charge is 2.31. The fraction of sp³-hybridized carbons (Fsp3) is 0.458. The van der Waals surface area contributed by atoms with Crippen molar-refractivity contribution in [1.29, 1.82) is 0 Å². The van der Waals surface area contributed by atoms with Crippen molar-refractivity contribution in [1.82, 2.24) is 15.2 Å². The summed E-state index contributed by atoms with van der Waals surface area (Å²) in [5, 5.41) is 3.49. The molecule has 0 bridgehead atoms. The van der Waals surface area contributed by atoms with Gasteiger partial charge in [-0.3, -0.25) is 9.37 Å². The van der Waals surface area contributed by atoms with Crippen LogP contribution in [0.25, 0.3) is 22.2 Å². The van der Waals surface area contributed by atoms with Crippen LogP contribution in [0.5, 0.6) is 5.75 Å². The Morgan fingerprint density at radius 2 is 2.13 bits per heavy atom. The number of nitrogens with zero attached hydrogens (tertiary/aromatic N) is 1. The van der Waals surface area contributed by atoms with Crippen LogP contribution in [-0.2, 0) is 13.0 Å². The number of H-pyrrole nitrogens is 1. The predicted octanol–water partition coefficient (Wildman–Crippen LogP) is 3.59. The predicted molar refractivity (Wildman–Crippen MR) is 119 cm³/mol. The van der Waals surface area contributed by atoms with Crippen molar-refractivity contribution in [3.05, 3.63) is 51.5 Å². The molecule has 2 aliphatic heterocycles. The zero-order valence-corrected chi connectivity index (χ0v) is 18.0. The van der Waals surface area contributed by atoms with E-state index in [-0.39, 0.29) is 6.67 Å². The lowest BCUT2D eigenvalue weighted by molar-refractivity contribution is 0.141. The first-order valence-electron chi connectivity index (χ1n) is 11.0. The molecule has 0 amide bonds. The third kappa shape index (κ3) is 3.55. The number of alkyl halides is 1. The van der Waals surface area contributed by atoms with Crippen LogP contribution < -0.4 is 15.8 Å². The maximum absolute atomic E-state index is 12.5. The molecule has 0 spiro atoms. The van der Waals surface area contributed by atoms with E-state index in [1.54, 1.807) is 7.11 Å². The Kier molecular flexibility index (Phi) is 5.32. The molecule has 164 valence electrons. The van der Waals surface area contributed by atoms with E-state index in [2.05, 4.69) is 34.3 Å². The lowest BCUT2D eigenvalue weighted by atomic mass is 9.86. The van der Waals surface area contributed by atoms with Crippen molar-refractivity contribution in [2.75, 3.05) is 33.4 Å². The molecule has 31 heavy (non-hydrogen) atoms. The van der Waals surface area contributed by atoms with Crippen molar-refractivity contribution >= 4 is 11.1 Å². The van der Waals surface area contributed by atoms with Crippen molar-refractivity contribution < 1.29 is 13.5 Å². The number of hydrogen-bond acceptors (Lipinski definition) is 5. The molecule has 3 aromatic rings. The number of benzene rings is 2. The zero-order chi connectivity index (χ0) is 21.5. The molecule has 1 fully saturated rings. The molecule has 3 heterocycles. The molecule has 6 nitrogen and oxygen atoms in total. The Bertz CT molecular complexity index is 1160. The molecular weight excluding hydrogens is 397 g/mol. The van der Waals surface area contributed by atoms with Crippen molar-refractivity contribution in [2.45, 2.75) is 38.3 Å². The number of likely N-dealkylation sites (tertiary alicyclic amines) is 1. The normalized spacial score (nSPS) is 19.4. The number of nitrogens with one attached hydrogen (secondary N) is 2. The minimum Gasteiger partial charge on any atom is -0.496 e. The Labute approximate surface area is 180 Å². The molecule has 1 aromatic heterocycles. The topological polar surface area (TPSA) is 70.5 Å². The zero-order valence-electron chi connectivity index (χ0n) is 18.0. The Hall–Kier alpha value is -2.64. The van der Waals surface area contributed by atoms with Crippen molar-refractivity contribution in [3.63, 3.8) is 0 Å². The number of fused-ring (bicyclic) bond motifs is 3. The van der Waals surface area contributed by atoms with Gasteiger partial charge in [-0.25, -0.2) is 4.79 Å². The fourth-order valence-corrected chi connectivity index (χ4v) is 5.01. The lowest BCUT2D eigenvalue weighted by Gasteiger charge is -2.40. The third-order valence-corrected chi connectivity index (χ3v) is 6.59. The number of rotatable bonds is 6. The first kappa shape index (κ1) is 20.3. The summed E-state index contributed by atoms with van der Waals surface area (Å²) in [5.41, 5.74) is 6.65. The van der Waals surface area contributed by atoms with Crippen LogP contribution in [0.4, 0.5) is 4.39 Å². The maximum Gasteiger partial charge on any atom is 0.417 e. The third-order valence-electron chi connectivity index (χ3n) is 6.59. The van der Waals surface area contributed by atoms with E-state index in [1.807, 2.05) is 12.1 Å². The van der Waals surface area contributed by atoms with Crippen LogP contribution in [0, 0.1) is 0 Å². The molecule has 2 N–H and O–H groups in total. The highest BCUT2D eigenvalue weighted by molar-refractivity contribution is 5.95. The number of oxazole rings is 1. The van der Waals surface area contributed by atoms with Gasteiger partial charge in [0.15, 0.2) is 5.58 Å². The van der Waals surface area contributed by atoms with Gasteiger partial charge in [0, 0.05) is 60.4 Å². The van der Waals surface area contributed by atoms with Gasteiger partial charge < -0.3 is 19.4 Å². The second-order valence-corrected chi connectivity index (χ2v) is 8.69. The summed E-state index contributed by atoms with van der Waals surface area (Å²) in [5.74, 6) is 0.750. The number of aromatic amines is 1. The smallest absolute Gasteiger partial charge is 0.417 e. The Balaban J connectivity index is 1.58. The monoisotopic (exact) mass is 425 g/mol. The van der Waals surface area contributed by atoms with E-state index in [1.165, 1.54) is 0 Å². The van der Waals surface area contributed by atoms with Gasteiger partial charge in [0.25, 0.3) is 0 Å². The Morgan fingerprint density at radius 3 is 2.90 bits per heavy atom. The SMILES string of the molecule is COc1c(-c2cc3c(c4oc(=O)[nH]c24)CC(C)NC3)cccc1C1CN(CCCF)C1. The van der Waals surface area contributed by atoms with Gasteiger partial charge in [-0.1, -0.05) is 18.2 Å². The second kappa shape index (κ2) is 8.13. The van der Waals surface area contributed by atoms with E-state index in [9.17, 15) is 9.18 Å². The highest BCUT2D eigenvalue weighted by Crippen LogP contribution is 2.43. The summed E-state index contributed by atoms with van der Waals surface area (Å²) in [6.45, 7) is 5.21. The van der Waals surface area contributed by atoms with E-state index >= 15 is 0 Å². The summed E-state index contributed by atoms with van der Waals surface area (Å²) in [4.78, 5) is 17.3. The number of hydrogen-bond donors (Lipinski definition) is 2. The molecule has 0 aliphatic carbocycles. The summed E-state index contributed by atoms with van der Waals surface area (Å²) < 4.78 is 24.0. The summed E-state index contributed by atoms with van der Waals surface area (Å²) in [7, 11) is 1.69. The molecule has 7 heteroatoms. The molecule has 5 rings (SSSR count). The van der Waals surface area contributed by atoms with Crippen LogP contribution >= 0.6 is 0 Å². The standard InChI is InChI=1S/C24H28FN3O3/c1-14-9-19-15(11-26-14)10-20(21-23(19)31-24(29)27-21)18-6-3-5-17(22(18)30-2)16-12-28(13-16)8-4-7-25/h3,5-6,10,14,16,26H,4,7-9,11-13H2,1-2H3,(H,27,29). The molecule has 0 saturated carbocycles. The molecule has 0 radical (unpaired) electrons. The van der Waals surface area contributed by atoms with Crippen LogP contribution in [0.15, 0.2) is 33.5 Å². The largest absolute Gasteiger partial charge is 0.496 e. The maximum atomic E-state index is 12.5. The van der Waals surface area contributed by atoms with Gasteiger partial charge in [-0.15, -0.1) is 0 Å². The first-order chi connectivity index (χ1) is 15.1. The molecule has 1 unspecified atom stereocenters. The molecule has 2 aromatic carbocycles. The van der Waals surface area contributed by atoms with Crippen LogP contribution in [0.1, 0.15) is 36.0 Å².